The van der Waals surface area contributed by atoms with Crippen LogP contribution in [0.4, 0.5) is 0 Å². The molecule has 19 heavy (non-hydrogen) atoms. The van der Waals surface area contributed by atoms with Gasteiger partial charge in [-0.05, 0) is 29.5 Å². The summed E-state index contributed by atoms with van der Waals surface area (Å²) in [5, 5.41) is 11.9. The highest BCUT2D eigenvalue weighted by Gasteiger charge is 2.25. The van der Waals surface area contributed by atoms with Gasteiger partial charge in [0.25, 0.3) is 0 Å². The minimum Gasteiger partial charge on any atom is -0.480 e. The SMILES string of the molecule is O=C(O)[C@H]1Cc2c(CCP(=O)(O)O)cccc2CN1. The molecule has 0 saturated carbocycles. The van der Waals surface area contributed by atoms with Crippen LogP contribution in [0.5, 0.6) is 0 Å². The highest BCUT2D eigenvalue weighted by Crippen LogP contribution is 2.35. The summed E-state index contributed by atoms with van der Waals surface area (Å²) in [4.78, 5) is 28.9. The van der Waals surface area contributed by atoms with Gasteiger partial charge in [0.2, 0.25) is 0 Å². The number of aryl methyl sites for hydroxylation is 1. The Morgan fingerprint density at radius 2 is 2.16 bits per heavy atom. The van der Waals surface area contributed by atoms with Gasteiger partial charge in [-0.15, -0.1) is 0 Å². The number of carboxylic acids is 1. The summed E-state index contributed by atoms with van der Waals surface area (Å²) in [6, 6.07) is 4.90. The first-order valence-corrected chi connectivity index (χ1v) is 7.77. The molecule has 1 atom stereocenters. The molecule has 4 N–H and O–H groups in total. The largest absolute Gasteiger partial charge is 0.480 e. The standard InChI is InChI=1S/C12H16NO5P/c14-12(15)11-6-10-8(4-5-19(16,17)18)2-1-3-9(10)7-13-11/h1-3,11,13H,4-7H2,(H,14,15)(H2,16,17,18)/t11-/m1/s1. The maximum atomic E-state index is 11.0. The van der Waals surface area contributed by atoms with E-state index in [-0.39, 0.29) is 12.6 Å². The van der Waals surface area contributed by atoms with Crippen molar-refractivity contribution in [2.45, 2.75) is 25.4 Å². The number of carbonyl (C=O) groups is 1. The van der Waals surface area contributed by atoms with Crippen LogP contribution in [0.15, 0.2) is 18.2 Å². The first-order valence-electron chi connectivity index (χ1n) is 5.97. The molecule has 6 nitrogen and oxygen atoms in total. The molecule has 0 unspecified atom stereocenters. The van der Waals surface area contributed by atoms with Crippen LogP contribution in [0.1, 0.15) is 16.7 Å². The Labute approximate surface area is 110 Å². The minimum absolute atomic E-state index is 0.214. The molecule has 0 aromatic heterocycles. The lowest BCUT2D eigenvalue weighted by molar-refractivity contribution is -0.139. The maximum Gasteiger partial charge on any atom is 0.325 e. The van der Waals surface area contributed by atoms with Gasteiger partial charge in [-0.2, -0.15) is 0 Å². The molecule has 0 spiro atoms. The molecule has 0 saturated heterocycles. The van der Waals surface area contributed by atoms with E-state index in [1.165, 1.54) is 0 Å². The van der Waals surface area contributed by atoms with Gasteiger partial charge in [0, 0.05) is 6.54 Å². The normalized spacial score (nSPS) is 18.9. The monoisotopic (exact) mass is 285 g/mol. The lowest BCUT2D eigenvalue weighted by Crippen LogP contribution is -2.42. The summed E-state index contributed by atoms with van der Waals surface area (Å²) in [7, 11) is -4.03. The van der Waals surface area contributed by atoms with Crippen LogP contribution in [0.2, 0.25) is 0 Å². The van der Waals surface area contributed by atoms with Crippen LogP contribution in [0.3, 0.4) is 0 Å². The van der Waals surface area contributed by atoms with Gasteiger partial charge >= 0.3 is 13.6 Å². The number of benzene rings is 1. The summed E-state index contributed by atoms with van der Waals surface area (Å²) >= 11 is 0. The molecule has 104 valence electrons. The molecule has 7 heteroatoms. The highest BCUT2D eigenvalue weighted by molar-refractivity contribution is 7.51. The van der Waals surface area contributed by atoms with Gasteiger partial charge < -0.3 is 20.2 Å². The van der Waals surface area contributed by atoms with Crippen LogP contribution in [0.25, 0.3) is 0 Å². The van der Waals surface area contributed by atoms with E-state index in [4.69, 9.17) is 14.9 Å². The van der Waals surface area contributed by atoms with Gasteiger partial charge in [-0.1, -0.05) is 18.2 Å². The first-order chi connectivity index (χ1) is 8.87. The summed E-state index contributed by atoms with van der Waals surface area (Å²) in [5.41, 5.74) is 2.73. The van der Waals surface area contributed by atoms with E-state index in [2.05, 4.69) is 5.32 Å². The average Bonchev–Trinajstić information content (AvgIpc) is 2.34. The van der Waals surface area contributed by atoms with Crippen LogP contribution < -0.4 is 5.32 Å². The molecular weight excluding hydrogens is 269 g/mol. The second kappa shape index (κ2) is 5.43. The Bertz CT molecular complexity index is 539. The van der Waals surface area contributed by atoms with Crippen molar-refractivity contribution in [3.63, 3.8) is 0 Å². The number of carboxylic acid groups (broad SMARTS) is 1. The van der Waals surface area contributed by atoms with Gasteiger partial charge in [0.1, 0.15) is 6.04 Å². The Hall–Kier alpha value is -1.20. The number of nitrogens with one attached hydrogen (secondary N) is 1. The molecule has 0 radical (unpaired) electrons. The average molecular weight is 285 g/mol. The van der Waals surface area contributed by atoms with E-state index in [9.17, 15) is 9.36 Å². The van der Waals surface area contributed by atoms with Crippen molar-refractivity contribution in [3.8, 4) is 0 Å². The molecule has 1 heterocycles. The molecule has 0 amide bonds. The zero-order valence-corrected chi connectivity index (χ0v) is 11.1. The van der Waals surface area contributed by atoms with E-state index in [0.29, 0.717) is 13.0 Å². The summed E-state index contributed by atoms with van der Waals surface area (Å²) in [6.45, 7) is 0.468. The van der Waals surface area contributed by atoms with Crippen LogP contribution in [-0.2, 0) is 28.7 Å². The van der Waals surface area contributed by atoms with Crippen molar-refractivity contribution in [2.75, 3.05) is 6.16 Å². The third-order valence-corrected chi connectivity index (χ3v) is 4.09. The van der Waals surface area contributed by atoms with Crippen molar-refractivity contribution >= 4 is 13.6 Å². The van der Waals surface area contributed by atoms with Crippen LogP contribution in [0, 0.1) is 0 Å². The van der Waals surface area contributed by atoms with E-state index >= 15 is 0 Å². The van der Waals surface area contributed by atoms with Gasteiger partial charge in [0.15, 0.2) is 0 Å². The molecule has 1 aliphatic rings. The number of fused-ring (bicyclic) bond motifs is 1. The summed E-state index contributed by atoms with van der Waals surface area (Å²) in [6.07, 6.45) is 0.399. The van der Waals surface area contributed by atoms with Crippen molar-refractivity contribution in [2.24, 2.45) is 0 Å². The Morgan fingerprint density at radius 1 is 1.42 bits per heavy atom. The topological polar surface area (TPSA) is 107 Å². The summed E-state index contributed by atoms with van der Waals surface area (Å²) < 4.78 is 10.9. The molecule has 1 aliphatic heterocycles. The van der Waals surface area contributed by atoms with Gasteiger partial charge in [0.05, 0.1) is 6.16 Å². The second-order valence-corrected chi connectivity index (χ2v) is 6.45. The predicted octanol–water partition coefficient (Wildman–Crippen LogP) is 0.506. The molecule has 0 aliphatic carbocycles. The summed E-state index contributed by atoms with van der Waals surface area (Å²) in [5.74, 6) is -0.907. The molecule has 2 rings (SSSR count). The van der Waals surface area contributed by atoms with Gasteiger partial charge in [-0.25, -0.2) is 0 Å². The number of hydrogen-bond acceptors (Lipinski definition) is 3. The second-order valence-electron chi connectivity index (χ2n) is 4.67. The quantitative estimate of drug-likeness (QED) is 0.600. The third-order valence-electron chi connectivity index (χ3n) is 3.29. The number of hydrogen-bond donors (Lipinski definition) is 4. The Balaban J connectivity index is 2.22. The van der Waals surface area contributed by atoms with E-state index in [0.717, 1.165) is 16.7 Å². The fraction of sp³-hybridized carbons (Fsp3) is 0.417. The van der Waals surface area contributed by atoms with Crippen LogP contribution >= 0.6 is 7.60 Å². The number of aliphatic carboxylic acids is 1. The highest BCUT2D eigenvalue weighted by atomic mass is 31.2. The maximum absolute atomic E-state index is 11.0. The molecule has 0 bridgehead atoms. The van der Waals surface area contributed by atoms with Gasteiger partial charge in [-0.3, -0.25) is 9.36 Å². The van der Waals surface area contributed by atoms with E-state index in [1.54, 1.807) is 6.07 Å². The molecule has 0 fully saturated rings. The van der Waals surface area contributed by atoms with E-state index in [1.807, 2.05) is 12.1 Å². The Morgan fingerprint density at radius 3 is 2.79 bits per heavy atom. The fourth-order valence-electron chi connectivity index (χ4n) is 2.30. The lowest BCUT2D eigenvalue weighted by atomic mass is 9.90. The molecule has 1 aromatic carbocycles. The fourth-order valence-corrected chi connectivity index (χ4v) is 2.83. The third kappa shape index (κ3) is 3.64. The smallest absolute Gasteiger partial charge is 0.325 e. The zero-order chi connectivity index (χ0) is 14.0. The van der Waals surface area contributed by atoms with Crippen molar-refractivity contribution in [1.29, 1.82) is 0 Å². The zero-order valence-electron chi connectivity index (χ0n) is 10.2. The van der Waals surface area contributed by atoms with E-state index < -0.39 is 19.6 Å². The molecular formula is C12H16NO5P. The first kappa shape index (κ1) is 14.2. The van der Waals surface area contributed by atoms with Crippen molar-refractivity contribution in [3.05, 3.63) is 34.9 Å². The van der Waals surface area contributed by atoms with Crippen LogP contribution in [-0.4, -0.2) is 33.1 Å². The molecule has 1 aromatic rings. The predicted molar refractivity (Wildman–Crippen MR) is 69.0 cm³/mol. The minimum atomic E-state index is -4.03. The number of rotatable bonds is 4. The van der Waals surface area contributed by atoms with Crippen molar-refractivity contribution < 1.29 is 24.3 Å². The Kier molecular flexibility index (Phi) is 4.06. The lowest BCUT2D eigenvalue weighted by Gasteiger charge is -2.25. The van der Waals surface area contributed by atoms with Crippen molar-refractivity contribution in [1.82, 2.24) is 5.32 Å².